The molecule has 1 unspecified atom stereocenters. The molecule has 0 saturated heterocycles. The second kappa shape index (κ2) is 7.55. The van der Waals surface area contributed by atoms with Gasteiger partial charge in [-0.15, -0.1) is 0 Å². The van der Waals surface area contributed by atoms with Crippen LogP contribution in [0.25, 0.3) is 0 Å². The van der Waals surface area contributed by atoms with E-state index in [1.165, 1.54) is 5.56 Å². The van der Waals surface area contributed by atoms with Crippen molar-refractivity contribution in [2.45, 2.75) is 58.0 Å². The summed E-state index contributed by atoms with van der Waals surface area (Å²) in [6, 6.07) is 10.7. The normalized spacial score (nSPS) is 13.6. The van der Waals surface area contributed by atoms with Gasteiger partial charge in [-0.3, -0.25) is 0 Å². The molecule has 0 spiro atoms. The fourth-order valence-electron chi connectivity index (χ4n) is 2.46. The highest BCUT2D eigenvalue weighted by atomic mass is 15.0. The molecule has 1 aromatic carbocycles. The fourth-order valence-corrected chi connectivity index (χ4v) is 2.46. The monoisotopic (exact) mass is 248 g/mol. The zero-order valence-electron chi connectivity index (χ0n) is 12.1. The van der Waals surface area contributed by atoms with Gasteiger partial charge in [0.05, 0.1) is 0 Å². The summed E-state index contributed by atoms with van der Waals surface area (Å²) < 4.78 is 0. The molecule has 0 radical (unpaired) electrons. The van der Waals surface area contributed by atoms with Crippen LogP contribution in [0.4, 0.5) is 0 Å². The van der Waals surface area contributed by atoms with Gasteiger partial charge in [0.25, 0.3) is 0 Å². The predicted octanol–water partition coefficient (Wildman–Crippen LogP) is 3.11. The van der Waals surface area contributed by atoms with Crippen LogP contribution in [-0.2, 0) is 6.42 Å². The molecule has 2 heteroatoms. The van der Waals surface area contributed by atoms with Gasteiger partial charge in [-0.1, -0.05) is 51.1 Å². The number of nitrogens with two attached hydrogens (primary N) is 1. The Bertz CT molecular complexity index is 309. The van der Waals surface area contributed by atoms with Crippen LogP contribution in [0.15, 0.2) is 30.3 Å². The number of hydrogen-bond acceptors (Lipinski definition) is 2. The third-order valence-corrected chi connectivity index (χ3v) is 4.11. The van der Waals surface area contributed by atoms with Gasteiger partial charge in [0, 0.05) is 18.1 Å². The number of hydrogen-bond donors (Lipinski definition) is 2. The van der Waals surface area contributed by atoms with Gasteiger partial charge in [0.1, 0.15) is 0 Å². The lowest BCUT2D eigenvalue weighted by Crippen LogP contribution is -2.49. The first-order chi connectivity index (χ1) is 8.65. The lowest BCUT2D eigenvalue weighted by molar-refractivity contribution is 0.283. The molecule has 0 saturated carbocycles. The third kappa shape index (κ3) is 4.43. The first-order valence-electron chi connectivity index (χ1n) is 7.20. The summed E-state index contributed by atoms with van der Waals surface area (Å²) in [5.74, 6) is 0. The maximum Gasteiger partial charge on any atom is 0.0206 e. The highest BCUT2D eigenvalue weighted by Gasteiger charge is 2.23. The Morgan fingerprint density at radius 1 is 1.06 bits per heavy atom. The summed E-state index contributed by atoms with van der Waals surface area (Å²) in [6.07, 6.45) is 4.44. The molecule has 2 nitrogen and oxygen atoms in total. The summed E-state index contributed by atoms with van der Waals surface area (Å²) in [6.45, 7) is 7.65. The van der Waals surface area contributed by atoms with Crippen molar-refractivity contribution in [1.29, 1.82) is 0 Å². The van der Waals surface area contributed by atoms with E-state index in [0.29, 0.717) is 0 Å². The van der Waals surface area contributed by atoms with Gasteiger partial charge in [-0.25, -0.2) is 0 Å². The van der Waals surface area contributed by atoms with Gasteiger partial charge in [-0.2, -0.15) is 0 Å². The molecule has 0 amide bonds. The van der Waals surface area contributed by atoms with Crippen molar-refractivity contribution < 1.29 is 0 Å². The zero-order chi connectivity index (χ0) is 13.4. The Hall–Kier alpha value is -0.860. The Labute approximate surface area is 112 Å². The molecule has 0 heterocycles. The van der Waals surface area contributed by atoms with Crippen molar-refractivity contribution in [2.24, 2.45) is 5.73 Å². The van der Waals surface area contributed by atoms with E-state index in [1.807, 2.05) is 6.07 Å². The first-order valence-corrected chi connectivity index (χ1v) is 7.20. The highest BCUT2D eigenvalue weighted by Crippen LogP contribution is 2.19. The van der Waals surface area contributed by atoms with Gasteiger partial charge >= 0.3 is 0 Å². The smallest absolute Gasteiger partial charge is 0.0206 e. The van der Waals surface area contributed by atoms with Gasteiger partial charge < -0.3 is 11.1 Å². The van der Waals surface area contributed by atoms with Gasteiger partial charge in [0.15, 0.2) is 0 Å². The van der Waals surface area contributed by atoms with E-state index in [1.54, 1.807) is 0 Å². The van der Waals surface area contributed by atoms with Gasteiger partial charge in [-0.05, 0) is 31.2 Å². The molecule has 0 aliphatic heterocycles. The Kier molecular flexibility index (Phi) is 6.37. The minimum atomic E-state index is 0.191. The standard InChI is InChI=1S/C16H28N2/c1-4-16(5-2,6-3)18-13-15(17)12-14-10-8-7-9-11-14/h7-11,15,18H,4-6,12-13,17H2,1-3H3. The fraction of sp³-hybridized carbons (Fsp3) is 0.625. The molecule has 1 rings (SSSR count). The maximum absolute atomic E-state index is 6.21. The molecule has 0 fully saturated rings. The van der Waals surface area contributed by atoms with E-state index in [2.05, 4.69) is 50.4 Å². The Balaban J connectivity index is 2.43. The lowest BCUT2D eigenvalue weighted by atomic mass is 9.89. The minimum absolute atomic E-state index is 0.191. The maximum atomic E-state index is 6.21. The summed E-state index contributed by atoms with van der Waals surface area (Å²) in [5.41, 5.74) is 7.81. The van der Waals surface area contributed by atoms with Crippen molar-refractivity contribution in [3.63, 3.8) is 0 Å². The molecule has 18 heavy (non-hydrogen) atoms. The Morgan fingerprint density at radius 3 is 2.11 bits per heavy atom. The van der Waals surface area contributed by atoms with Crippen molar-refractivity contribution in [3.05, 3.63) is 35.9 Å². The summed E-state index contributed by atoms with van der Waals surface area (Å²) >= 11 is 0. The van der Waals surface area contributed by atoms with E-state index >= 15 is 0 Å². The molecule has 0 bridgehead atoms. The van der Waals surface area contributed by atoms with Crippen LogP contribution in [0, 0.1) is 0 Å². The SMILES string of the molecule is CCC(CC)(CC)NCC(N)Cc1ccccc1. The van der Waals surface area contributed by atoms with Crippen molar-refractivity contribution >= 4 is 0 Å². The molecule has 1 atom stereocenters. The molecule has 3 N–H and O–H groups in total. The van der Waals surface area contributed by atoms with E-state index in [4.69, 9.17) is 5.73 Å². The second-order valence-corrected chi connectivity index (χ2v) is 5.17. The van der Waals surface area contributed by atoms with E-state index in [0.717, 1.165) is 32.2 Å². The van der Waals surface area contributed by atoms with Crippen LogP contribution >= 0.6 is 0 Å². The summed E-state index contributed by atoms with van der Waals surface area (Å²) in [7, 11) is 0. The van der Waals surface area contributed by atoms with Gasteiger partial charge in [0.2, 0.25) is 0 Å². The summed E-state index contributed by atoms with van der Waals surface area (Å²) in [4.78, 5) is 0. The largest absolute Gasteiger partial charge is 0.326 e. The second-order valence-electron chi connectivity index (χ2n) is 5.17. The van der Waals surface area contributed by atoms with Crippen LogP contribution in [0.5, 0.6) is 0 Å². The highest BCUT2D eigenvalue weighted by molar-refractivity contribution is 5.15. The van der Waals surface area contributed by atoms with Crippen LogP contribution in [0.2, 0.25) is 0 Å². The predicted molar refractivity (Wildman–Crippen MR) is 79.7 cm³/mol. The van der Waals surface area contributed by atoms with Crippen molar-refractivity contribution in [1.82, 2.24) is 5.32 Å². The molecule has 0 aliphatic rings. The van der Waals surface area contributed by atoms with E-state index in [-0.39, 0.29) is 11.6 Å². The molecule has 0 aliphatic carbocycles. The first kappa shape index (κ1) is 15.2. The third-order valence-electron chi connectivity index (χ3n) is 4.11. The molecular weight excluding hydrogens is 220 g/mol. The lowest BCUT2D eigenvalue weighted by Gasteiger charge is -2.33. The van der Waals surface area contributed by atoms with E-state index < -0.39 is 0 Å². The topological polar surface area (TPSA) is 38.0 Å². The van der Waals surface area contributed by atoms with Crippen LogP contribution in [0.3, 0.4) is 0 Å². The van der Waals surface area contributed by atoms with E-state index in [9.17, 15) is 0 Å². The molecule has 102 valence electrons. The minimum Gasteiger partial charge on any atom is -0.326 e. The van der Waals surface area contributed by atoms with Crippen LogP contribution in [-0.4, -0.2) is 18.1 Å². The number of benzene rings is 1. The zero-order valence-corrected chi connectivity index (χ0v) is 12.1. The molecular formula is C16H28N2. The summed E-state index contributed by atoms with van der Waals surface area (Å²) in [5, 5.41) is 3.68. The van der Waals surface area contributed by atoms with Crippen molar-refractivity contribution in [3.8, 4) is 0 Å². The van der Waals surface area contributed by atoms with Crippen molar-refractivity contribution in [2.75, 3.05) is 6.54 Å². The number of rotatable bonds is 8. The van der Waals surface area contributed by atoms with Crippen LogP contribution < -0.4 is 11.1 Å². The van der Waals surface area contributed by atoms with Crippen LogP contribution in [0.1, 0.15) is 45.6 Å². The molecule has 0 aromatic heterocycles. The molecule has 1 aromatic rings. The quantitative estimate of drug-likeness (QED) is 0.742. The Morgan fingerprint density at radius 2 is 1.61 bits per heavy atom. The average molecular weight is 248 g/mol. The average Bonchev–Trinajstić information content (AvgIpc) is 2.42. The number of nitrogens with one attached hydrogen (secondary N) is 1.